The molecule has 168 valence electrons. The summed E-state index contributed by atoms with van der Waals surface area (Å²) in [7, 11) is -3.49. The lowest BCUT2D eigenvalue weighted by atomic mass is 10.1. The molecule has 0 aliphatic carbocycles. The van der Waals surface area contributed by atoms with Crippen LogP contribution in [0.3, 0.4) is 0 Å². The molecule has 0 aliphatic rings. The van der Waals surface area contributed by atoms with Crippen LogP contribution in [0.25, 0.3) is 0 Å². The normalized spacial score (nSPS) is 11.1. The minimum absolute atomic E-state index is 0.0694. The highest BCUT2D eigenvalue weighted by molar-refractivity contribution is 7.91. The number of hydrogen-bond acceptors (Lipinski definition) is 8. The molecule has 31 heavy (non-hydrogen) atoms. The number of esters is 2. The third-order valence-electron chi connectivity index (χ3n) is 4.26. The molecule has 1 aromatic carbocycles. The average Bonchev–Trinajstić information content (AvgIpc) is 3.04. The van der Waals surface area contributed by atoms with Crippen LogP contribution in [0.15, 0.2) is 35.2 Å². The molecular formula is C21H25NO7S2. The van der Waals surface area contributed by atoms with Gasteiger partial charge in [-0.2, -0.15) is 0 Å². The Bertz CT molecular complexity index is 1040. The Morgan fingerprint density at radius 2 is 1.61 bits per heavy atom. The minimum Gasteiger partial charge on any atom is -0.462 e. The fourth-order valence-corrected chi connectivity index (χ4v) is 5.24. The second kappa shape index (κ2) is 11.1. The molecule has 1 heterocycles. The maximum Gasteiger partial charge on any atom is 0.348 e. The number of nitrogens with one attached hydrogen (secondary N) is 1. The predicted molar refractivity (Wildman–Crippen MR) is 117 cm³/mol. The van der Waals surface area contributed by atoms with Gasteiger partial charge in [-0.1, -0.05) is 18.2 Å². The number of carbonyl (C=O) groups is 3. The van der Waals surface area contributed by atoms with Gasteiger partial charge in [-0.15, -0.1) is 11.3 Å². The molecule has 0 saturated heterocycles. The lowest BCUT2D eigenvalue weighted by Crippen LogP contribution is -2.16. The zero-order chi connectivity index (χ0) is 23.0. The molecule has 0 atom stereocenters. The van der Waals surface area contributed by atoms with Crippen molar-refractivity contribution in [2.24, 2.45) is 0 Å². The molecule has 0 bridgehead atoms. The van der Waals surface area contributed by atoms with Crippen LogP contribution < -0.4 is 5.32 Å². The maximum absolute atomic E-state index is 12.4. The Hall–Kier alpha value is -2.72. The second-order valence-electron chi connectivity index (χ2n) is 6.48. The molecule has 0 saturated carbocycles. The van der Waals surface area contributed by atoms with Gasteiger partial charge in [-0.3, -0.25) is 4.79 Å². The van der Waals surface area contributed by atoms with Gasteiger partial charge in [0.25, 0.3) is 0 Å². The summed E-state index contributed by atoms with van der Waals surface area (Å²) >= 11 is 0.927. The molecule has 0 aliphatic heterocycles. The lowest BCUT2D eigenvalue weighted by Gasteiger charge is -2.07. The van der Waals surface area contributed by atoms with Crippen molar-refractivity contribution in [1.82, 2.24) is 0 Å². The van der Waals surface area contributed by atoms with Crippen molar-refractivity contribution in [2.75, 3.05) is 24.3 Å². The van der Waals surface area contributed by atoms with Crippen LogP contribution in [0, 0.1) is 6.92 Å². The van der Waals surface area contributed by atoms with Crippen LogP contribution in [0.1, 0.15) is 52.3 Å². The van der Waals surface area contributed by atoms with E-state index in [2.05, 4.69) is 5.32 Å². The SMILES string of the molecule is CCOC(=O)c1sc(NC(=O)CCCS(=O)(=O)c2ccccc2)c(C(=O)OCC)c1C. The number of ether oxygens (including phenoxy) is 2. The van der Waals surface area contributed by atoms with Crippen LogP contribution >= 0.6 is 11.3 Å². The molecule has 2 aromatic rings. The fourth-order valence-electron chi connectivity index (χ4n) is 2.80. The van der Waals surface area contributed by atoms with Gasteiger partial charge in [0.2, 0.25) is 5.91 Å². The molecule has 1 amide bonds. The molecule has 0 fully saturated rings. The molecule has 0 unspecified atom stereocenters. The molecule has 2 rings (SSSR count). The number of anilines is 1. The topological polar surface area (TPSA) is 116 Å². The molecule has 8 nitrogen and oxygen atoms in total. The number of hydrogen-bond donors (Lipinski definition) is 1. The monoisotopic (exact) mass is 467 g/mol. The fraction of sp³-hybridized carbons (Fsp3) is 0.381. The zero-order valence-electron chi connectivity index (χ0n) is 17.6. The van der Waals surface area contributed by atoms with E-state index in [1.165, 1.54) is 12.1 Å². The summed E-state index contributed by atoms with van der Waals surface area (Å²) < 4.78 is 34.7. The van der Waals surface area contributed by atoms with Crippen LogP contribution in [-0.2, 0) is 24.1 Å². The molecule has 0 radical (unpaired) electrons. The lowest BCUT2D eigenvalue weighted by molar-refractivity contribution is -0.116. The van der Waals surface area contributed by atoms with Crippen molar-refractivity contribution in [2.45, 2.75) is 38.5 Å². The first-order chi connectivity index (χ1) is 14.7. The predicted octanol–water partition coefficient (Wildman–Crippen LogP) is 3.60. The van der Waals surface area contributed by atoms with E-state index in [1.54, 1.807) is 39.0 Å². The summed E-state index contributed by atoms with van der Waals surface area (Å²) in [5.74, 6) is -1.91. The van der Waals surface area contributed by atoms with Crippen LogP contribution in [0.2, 0.25) is 0 Å². The van der Waals surface area contributed by atoms with Gasteiger partial charge in [-0.25, -0.2) is 18.0 Å². The van der Waals surface area contributed by atoms with Gasteiger partial charge in [0.1, 0.15) is 9.88 Å². The highest BCUT2D eigenvalue weighted by Gasteiger charge is 2.27. The van der Waals surface area contributed by atoms with Gasteiger partial charge in [0.05, 0.1) is 29.4 Å². The Kier molecular flexibility index (Phi) is 8.76. The van der Waals surface area contributed by atoms with Crippen molar-refractivity contribution >= 4 is 44.0 Å². The number of rotatable bonds is 10. The maximum atomic E-state index is 12.4. The second-order valence-corrected chi connectivity index (χ2v) is 9.61. The van der Waals surface area contributed by atoms with Crippen LogP contribution in [-0.4, -0.2) is 45.2 Å². The number of thiophene rings is 1. The Labute approximate surface area is 185 Å². The van der Waals surface area contributed by atoms with Crippen molar-refractivity contribution < 1.29 is 32.3 Å². The highest BCUT2D eigenvalue weighted by Crippen LogP contribution is 2.34. The van der Waals surface area contributed by atoms with Crippen LogP contribution in [0.5, 0.6) is 0 Å². The number of benzene rings is 1. The van der Waals surface area contributed by atoms with Gasteiger partial charge in [0.15, 0.2) is 9.84 Å². The van der Waals surface area contributed by atoms with E-state index in [-0.39, 0.29) is 52.1 Å². The Balaban J connectivity index is 2.11. The Morgan fingerprint density at radius 1 is 1.00 bits per heavy atom. The largest absolute Gasteiger partial charge is 0.462 e. The van der Waals surface area contributed by atoms with E-state index >= 15 is 0 Å². The smallest absolute Gasteiger partial charge is 0.348 e. The van der Waals surface area contributed by atoms with Crippen molar-refractivity contribution in [1.29, 1.82) is 0 Å². The molecule has 1 aromatic heterocycles. The van der Waals surface area contributed by atoms with E-state index in [0.29, 0.717) is 5.56 Å². The molecular weight excluding hydrogens is 442 g/mol. The van der Waals surface area contributed by atoms with Crippen molar-refractivity contribution in [3.05, 3.63) is 46.3 Å². The molecule has 1 N–H and O–H groups in total. The first kappa shape index (κ1) is 24.5. The summed E-state index contributed by atoms with van der Waals surface area (Å²) in [5, 5.41) is 2.79. The van der Waals surface area contributed by atoms with E-state index < -0.39 is 27.7 Å². The van der Waals surface area contributed by atoms with Crippen molar-refractivity contribution in [3.63, 3.8) is 0 Å². The highest BCUT2D eigenvalue weighted by atomic mass is 32.2. The van der Waals surface area contributed by atoms with E-state index in [0.717, 1.165) is 11.3 Å². The number of carbonyl (C=O) groups excluding carboxylic acids is 3. The summed E-state index contributed by atoms with van der Waals surface area (Å²) in [6, 6.07) is 8.01. The first-order valence-corrected chi connectivity index (χ1v) is 12.2. The van der Waals surface area contributed by atoms with E-state index in [9.17, 15) is 22.8 Å². The quantitative estimate of drug-likeness (QED) is 0.531. The minimum atomic E-state index is -3.49. The Morgan fingerprint density at radius 3 is 2.23 bits per heavy atom. The van der Waals surface area contributed by atoms with E-state index in [1.807, 2.05) is 0 Å². The van der Waals surface area contributed by atoms with Crippen LogP contribution in [0.4, 0.5) is 5.00 Å². The molecule has 10 heteroatoms. The summed E-state index contributed by atoms with van der Waals surface area (Å²) in [6.07, 6.45) is 0.0346. The summed E-state index contributed by atoms with van der Waals surface area (Å²) in [6.45, 7) is 5.20. The number of sulfone groups is 1. The number of amides is 1. The zero-order valence-corrected chi connectivity index (χ0v) is 19.2. The molecule has 0 spiro atoms. The average molecular weight is 468 g/mol. The summed E-state index contributed by atoms with van der Waals surface area (Å²) in [5.41, 5.74) is 0.462. The first-order valence-electron chi connectivity index (χ1n) is 9.76. The van der Waals surface area contributed by atoms with Gasteiger partial charge >= 0.3 is 11.9 Å². The third kappa shape index (κ3) is 6.38. The van der Waals surface area contributed by atoms with Gasteiger partial charge in [0, 0.05) is 6.42 Å². The van der Waals surface area contributed by atoms with Crippen molar-refractivity contribution in [3.8, 4) is 0 Å². The standard InChI is InChI=1S/C21H25NO7S2/c1-4-28-20(24)17-14(3)18(21(25)29-5-2)30-19(17)22-16(23)12-9-13-31(26,27)15-10-7-6-8-11-15/h6-8,10-11H,4-5,9,12-13H2,1-3H3,(H,22,23). The van der Waals surface area contributed by atoms with Gasteiger partial charge < -0.3 is 14.8 Å². The third-order valence-corrected chi connectivity index (χ3v) is 7.26. The van der Waals surface area contributed by atoms with E-state index in [4.69, 9.17) is 9.47 Å². The van der Waals surface area contributed by atoms with Gasteiger partial charge in [-0.05, 0) is 44.9 Å². The summed E-state index contributed by atoms with van der Waals surface area (Å²) in [4.78, 5) is 37.4.